The Morgan fingerprint density at radius 1 is 1.24 bits per heavy atom. The molecule has 4 nitrogen and oxygen atoms in total. The van der Waals surface area contributed by atoms with Crippen LogP contribution in [-0.4, -0.2) is 24.1 Å². The highest BCUT2D eigenvalue weighted by Gasteiger charge is 2.17. The van der Waals surface area contributed by atoms with E-state index in [9.17, 15) is 4.39 Å². The zero-order valence-electron chi connectivity index (χ0n) is 14.3. The van der Waals surface area contributed by atoms with Crippen LogP contribution in [0.2, 0.25) is 0 Å². The molecule has 5 N–H and O–H groups in total. The molecule has 25 heavy (non-hydrogen) atoms. The van der Waals surface area contributed by atoms with Crippen LogP contribution in [0.5, 0.6) is 0 Å². The molecule has 0 aliphatic carbocycles. The second-order valence-corrected chi connectivity index (χ2v) is 6.83. The van der Waals surface area contributed by atoms with Crippen LogP contribution in [0.25, 0.3) is 22.0 Å². The average Bonchev–Trinajstić information content (AvgIpc) is 2.96. The van der Waals surface area contributed by atoms with Gasteiger partial charge in [-0.25, -0.2) is 4.39 Å². The van der Waals surface area contributed by atoms with E-state index < -0.39 is 0 Å². The minimum atomic E-state index is -0.204. The molecule has 2 heterocycles. The Hall–Kier alpha value is -2.53. The van der Waals surface area contributed by atoms with Crippen molar-refractivity contribution < 1.29 is 4.39 Å². The van der Waals surface area contributed by atoms with E-state index in [4.69, 9.17) is 5.73 Å². The maximum Gasteiger partial charge on any atom is 0.131 e. The summed E-state index contributed by atoms with van der Waals surface area (Å²) in [7, 11) is 0. The van der Waals surface area contributed by atoms with Gasteiger partial charge in [0.15, 0.2) is 0 Å². The van der Waals surface area contributed by atoms with Crippen molar-refractivity contribution in [3.63, 3.8) is 0 Å². The van der Waals surface area contributed by atoms with E-state index in [0.717, 1.165) is 53.6 Å². The second-order valence-electron chi connectivity index (χ2n) is 6.83. The number of piperidine rings is 1. The zero-order valence-corrected chi connectivity index (χ0v) is 14.3. The number of H-pyrrole nitrogens is 1. The molecule has 0 saturated carbocycles. The van der Waals surface area contributed by atoms with Gasteiger partial charge in [0.25, 0.3) is 0 Å². The maximum atomic E-state index is 14.5. The van der Waals surface area contributed by atoms with Gasteiger partial charge in [-0.2, -0.15) is 0 Å². The Balaban J connectivity index is 1.83. The van der Waals surface area contributed by atoms with Crippen LogP contribution in [0.4, 0.5) is 15.9 Å². The van der Waals surface area contributed by atoms with E-state index in [-0.39, 0.29) is 5.82 Å². The van der Waals surface area contributed by atoms with Gasteiger partial charge in [-0.15, -0.1) is 0 Å². The molecule has 1 unspecified atom stereocenters. The fourth-order valence-electron chi connectivity index (χ4n) is 3.72. The standard InChI is InChI=1S/C20H23FN4/c1-12-4-2-6-16(21)20(12)13-8-17(24-14-5-3-7-23-11-14)15-10-19(22)25-18(15)9-13/h2,4,6,8-10,14,23-25H,3,5,7,11,22H2,1H3. The van der Waals surface area contributed by atoms with Gasteiger partial charge in [-0.1, -0.05) is 12.1 Å². The predicted molar refractivity (Wildman–Crippen MR) is 102 cm³/mol. The van der Waals surface area contributed by atoms with Crippen molar-refractivity contribution in [2.24, 2.45) is 0 Å². The van der Waals surface area contributed by atoms with Crippen molar-refractivity contribution in [1.29, 1.82) is 0 Å². The molecule has 2 aromatic carbocycles. The maximum absolute atomic E-state index is 14.5. The molecule has 1 fully saturated rings. The van der Waals surface area contributed by atoms with Crippen LogP contribution in [-0.2, 0) is 0 Å². The van der Waals surface area contributed by atoms with Crippen LogP contribution in [0.1, 0.15) is 18.4 Å². The molecular formula is C20H23FN4. The summed E-state index contributed by atoms with van der Waals surface area (Å²) in [5.74, 6) is 0.409. The number of aromatic amines is 1. The summed E-state index contributed by atoms with van der Waals surface area (Å²) in [5.41, 5.74) is 10.3. The molecule has 5 heteroatoms. The first kappa shape index (κ1) is 16.0. The predicted octanol–water partition coefficient (Wildman–Crippen LogP) is 4.03. The summed E-state index contributed by atoms with van der Waals surface area (Å²) in [6.45, 7) is 3.94. The number of aryl methyl sites for hydroxylation is 1. The van der Waals surface area contributed by atoms with Gasteiger partial charge in [0.05, 0.1) is 0 Å². The lowest BCUT2D eigenvalue weighted by atomic mass is 9.97. The number of benzene rings is 2. The minimum Gasteiger partial charge on any atom is -0.385 e. The molecule has 0 spiro atoms. The van der Waals surface area contributed by atoms with Gasteiger partial charge in [0.1, 0.15) is 11.6 Å². The van der Waals surface area contributed by atoms with E-state index >= 15 is 0 Å². The number of anilines is 2. The molecule has 1 aliphatic heterocycles. The summed E-state index contributed by atoms with van der Waals surface area (Å²) in [4.78, 5) is 3.18. The van der Waals surface area contributed by atoms with Crippen molar-refractivity contribution in [2.75, 3.05) is 24.1 Å². The SMILES string of the molecule is Cc1cccc(F)c1-c1cc(NC2CCCNC2)c2cc(N)[nH]c2c1. The first-order valence-corrected chi connectivity index (χ1v) is 8.77. The summed E-state index contributed by atoms with van der Waals surface area (Å²) in [6.07, 6.45) is 2.28. The highest BCUT2D eigenvalue weighted by atomic mass is 19.1. The lowest BCUT2D eigenvalue weighted by Gasteiger charge is -2.25. The highest BCUT2D eigenvalue weighted by Crippen LogP contribution is 2.35. The molecule has 130 valence electrons. The van der Waals surface area contributed by atoms with Crippen molar-refractivity contribution in [3.05, 3.63) is 47.8 Å². The van der Waals surface area contributed by atoms with Gasteiger partial charge in [0.2, 0.25) is 0 Å². The quantitative estimate of drug-likeness (QED) is 0.583. The number of fused-ring (bicyclic) bond motifs is 1. The van der Waals surface area contributed by atoms with Crippen LogP contribution in [0.3, 0.4) is 0 Å². The number of nitrogens with one attached hydrogen (secondary N) is 3. The second kappa shape index (κ2) is 6.41. The van der Waals surface area contributed by atoms with Gasteiger partial charge >= 0.3 is 0 Å². The number of nitrogens with two attached hydrogens (primary N) is 1. The number of nitrogen functional groups attached to an aromatic ring is 1. The minimum absolute atomic E-state index is 0.204. The summed E-state index contributed by atoms with van der Waals surface area (Å²) < 4.78 is 14.5. The lowest BCUT2D eigenvalue weighted by Crippen LogP contribution is -2.38. The molecule has 3 aromatic rings. The fourth-order valence-corrected chi connectivity index (χ4v) is 3.72. The van der Waals surface area contributed by atoms with Crippen molar-refractivity contribution in [3.8, 4) is 11.1 Å². The molecule has 1 atom stereocenters. The Morgan fingerprint density at radius 3 is 2.88 bits per heavy atom. The van der Waals surface area contributed by atoms with Crippen LogP contribution in [0.15, 0.2) is 36.4 Å². The first-order chi connectivity index (χ1) is 12.1. The summed E-state index contributed by atoms with van der Waals surface area (Å²) in [6, 6.07) is 11.5. The average molecular weight is 338 g/mol. The Bertz CT molecular complexity index is 889. The van der Waals surface area contributed by atoms with Crippen molar-refractivity contribution in [1.82, 2.24) is 10.3 Å². The zero-order chi connectivity index (χ0) is 17.4. The summed E-state index contributed by atoms with van der Waals surface area (Å²) in [5, 5.41) is 8.09. The highest BCUT2D eigenvalue weighted by molar-refractivity contribution is 5.98. The van der Waals surface area contributed by atoms with Gasteiger partial charge in [0, 0.05) is 34.7 Å². The number of halogens is 1. The Labute approximate surface area is 146 Å². The van der Waals surface area contributed by atoms with E-state index in [0.29, 0.717) is 17.4 Å². The van der Waals surface area contributed by atoms with E-state index in [2.05, 4.69) is 15.6 Å². The van der Waals surface area contributed by atoms with Crippen LogP contribution < -0.4 is 16.4 Å². The lowest BCUT2D eigenvalue weighted by molar-refractivity contribution is 0.480. The molecule has 1 aliphatic rings. The molecule has 1 aromatic heterocycles. The van der Waals surface area contributed by atoms with Crippen molar-refractivity contribution in [2.45, 2.75) is 25.8 Å². The third kappa shape index (κ3) is 3.07. The first-order valence-electron chi connectivity index (χ1n) is 8.77. The topological polar surface area (TPSA) is 65.9 Å². The number of aromatic nitrogens is 1. The Morgan fingerprint density at radius 2 is 2.12 bits per heavy atom. The van der Waals surface area contributed by atoms with E-state index in [1.54, 1.807) is 6.07 Å². The third-order valence-electron chi connectivity index (χ3n) is 4.93. The molecule has 4 rings (SSSR count). The fraction of sp³-hybridized carbons (Fsp3) is 0.300. The van der Waals surface area contributed by atoms with E-state index in [1.807, 2.05) is 31.2 Å². The molecule has 0 bridgehead atoms. The largest absolute Gasteiger partial charge is 0.385 e. The number of hydrogen-bond donors (Lipinski definition) is 4. The summed E-state index contributed by atoms with van der Waals surface area (Å²) >= 11 is 0. The third-order valence-corrected chi connectivity index (χ3v) is 4.93. The molecule has 0 amide bonds. The molecule has 0 radical (unpaired) electrons. The monoisotopic (exact) mass is 338 g/mol. The number of hydrogen-bond acceptors (Lipinski definition) is 3. The van der Waals surface area contributed by atoms with Crippen molar-refractivity contribution >= 4 is 22.4 Å². The van der Waals surface area contributed by atoms with Gasteiger partial charge in [-0.3, -0.25) is 0 Å². The molecule has 1 saturated heterocycles. The Kier molecular flexibility index (Phi) is 4.09. The van der Waals surface area contributed by atoms with E-state index in [1.165, 1.54) is 6.07 Å². The normalized spacial score (nSPS) is 17.8. The molecular weight excluding hydrogens is 315 g/mol. The number of rotatable bonds is 3. The van der Waals surface area contributed by atoms with Crippen LogP contribution >= 0.6 is 0 Å². The van der Waals surface area contributed by atoms with Crippen LogP contribution in [0, 0.1) is 12.7 Å². The van der Waals surface area contributed by atoms with Gasteiger partial charge in [-0.05, 0) is 61.7 Å². The smallest absolute Gasteiger partial charge is 0.131 e. The van der Waals surface area contributed by atoms with Gasteiger partial charge < -0.3 is 21.4 Å².